The van der Waals surface area contributed by atoms with Crippen molar-refractivity contribution in [2.75, 3.05) is 27.4 Å². The van der Waals surface area contributed by atoms with E-state index in [0.29, 0.717) is 56.0 Å². The van der Waals surface area contributed by atoms with E-state index < -0.39 is 56.1 Å². The van der Waals surface area contributed by atoms with Crippen LogP contribution in [0, 0.1) is 0 Å². The van der Waals surface area contributed by atoms with Crippen LogP contribution in [0.1, 0.15) is 44.5 Å². The molecule has 1 aliphatic carbocycles. The van der Waals surface area contributed by atoms with Crippen molar-refractivity contribution in [2.24, 2.45) is 0 Å². The standard InChI is InChI=1S/C36H32F6N2O10S2/c1-51-31-21-7-3-8-22(31)16-26-12-6-14-28(34(26)54-20-30(46)44-56(49,50)36(40,41)42)18-24-10-4-9-23(32(24)52-2)17-27-13-5-11-25(15-21)33(27)53-19-29(45)43-55(47,48)35(37,38)39/h3-14H,15-20H2,1-2H3,(H,43,45)(H,44,46). The van der Waals surface area contributed by atoms with Gasteiger partial charge in [0.1, 0.15) is 23.0 Å². The predicted octanol–water partition coefficient (Wildman–Crippen LogP) is 5.07. The Bertz CT molecular complexity index is 2120. The number of rotatable bonds is 10. The van der Waals surface area contributed by atoms with E-state index in [4.69, 9.17) is 18.9 Å². The van der Waals surface area contributed by atoms with E-state index >= 15 is 0 Å². The van der Waals surface area contributed by atoms with Gasteiger partial charge in [0.05, 0.1) is 14.2 Å². The molecule has 56 heavy (non-hydrogen) atoms. The maximum Gasteiger partial charge on any atom is 0.516 e. The summed E-state index contributed by atoms with van der Waals surface area (Å²) in [5.74, 6) is -2.23. The Morgan fingerprint density at radius 1 is 0.500 bits per heavy atom. The van der Waals surface area contributed by atoms with Crippen molar-refractivity contribution in [3.63, 3.8) is 0 Å². The molecule has 0 unspecified atom stereocenters. The topological polar surface area (TPSA) is 163 Å². The Kier molecular flexibility index (Phi) is 12.1. The normalized spacial score (nSPS) is 13.3. The number of alkyl halides is 6. The number of hydrogen-bond acceptors (Lipinski definition) is 10. The molecule has 4 aromatic carbocycles. The van der Waals surface area contributed by atoms with Crippen LogP contribution in [0.2, 0.25) is 0 Å². The van der Waals surface area contributed by atoms with E-state index in [1.165, 1.54) is 14.2 Å². The van der Waals surface area contributed by atoms with Crippen molar-refractivity contribution in [1.29, 1.82) is 0 Å². The van der Waals surface area contributed by atoms with Crippen LogP contribution < -0.4 is 28.4 Å². The summed E-state index contributed by atoms with van der Waals surface area (Å²) >= 11 is 0. The van der Waals surface area contributed by atoms with Gasteiger partial charge >= 0.3 is 31.1 Å². The molecule has 2 amide bonds. The van der Waals surface area contributed by atoms with Gasteiger partial charge in [-0.2, -0.15) is 43.2 Å². The Balaban J connectivity index is 1.61. The predicted molar refractivity (Wildman–Crippen MR) is 187 cm³/mol. The second-order valence-corrected chi connectivity index (χ2v) is 15.6. The number of sulfonamides is 2. The molecule has 4 aromatic rings. The third kappa shape index (κ3) is 9.30. The quantitative estimate of drug-likeness (QED) is 0.182. The van der Waals surface area contributed by atoms with E-state index in [1.807, 2.05) is 0 Å². The summed E-state index contributed by atoms with van der Waals surface area (Å²) in [6.45, 7) is -2.18. The minimum atomic E-state index is -6.00. The van der Waals surface area contributed by atoms with Crippen molar-refractivity contribution < 1.29 is 71.7 Å². The van der Waals surface area contributed by atoms with Crippen LogP contribution in [-0.4, -0.2) is 67.1 Å². The molecule has 8 bridgehead atoms. The van der Waals surface area contributed by atoms with Crippen LogP contribution in [0.3, 0.4) is 0 Å². The number of halogens is 6. The average Bonchev–Trinajstić information content (AvgIpc) is 3.09. The second kappa shape index (κ2) is 16.3. The molecule has 1 aliphatic rings. The lowest BCUT2D eigenvalue weighted by Crippen LogP contribution is -2.42. The molecule has 0 radical (unpaired) electrons. The number of carbonyl (C=O) groups excluding carboxylic acids is 2. The van der Waals surface area contributed by atoms with Gasteiger partial charge in [-0.25, -0.2) is 9.44 Å². The summed E-state index contributed by atoms with van der Waals surface area (Å²) in [6.07, 6.45) is 0.266. The summed E-state index contributed by atoms with van der Waals surface area (Å²) in [5.41, 5.74) is -7.43. The molecule has 5 rings (SSSR count). The third-order valence-electron chi connectivity index (χ3n) is 8.45. The van der Waals surface area contributed by atoms with Gasteiger partial charge in [0.25, 0.3) is 11.8 Å². The van der Waals surface area contributed by atoms with E-state index in [1.54, 1.807) is 72.8 Å². The van der Waals surface area contributed by atoms with Crippen LogP contribution in [-0.2, 0) is 55.3 Å². The zero-order chi connectivity index (χ0) is 41.1. The number of carbonyl (C=O) groups is 2. The van der Waals surface area contributed by atoms with Crippen LogP contribution >= 0.6 is 0 Å². The van der Waals surface area contributed by atoms with Crippen molar-refractivity contribution in [1.82, 2.24) is 9.44 Å². The lowest BCUT2D eigenvalue weighted by atomic mass is 9.91. The summed E-state index contributed by atoms with van der Waals surface area (Å²) in [4.78, 5) is 24.9. The van der Waals surface area contributed by atoms with Crippen molar-refractivity contribution >= 4 is 31.9 Å². The maximum absolute atomic E-state index is 13.0. The molecular formula is C36H32F6N2O10S2. The van der Waals surface area contributed by atoms with Crippen molar-refractivity contribution in [3.05, 3.63) is 117 Å². The molecule has 300 valence electrons. The van der Waals surface area contributed by atoms with Crippen LogP contribution in [0.4, 0.5) is 26.3 Å². The zero-order valence-electron chi connectivity index (χ0n) is 29.3. The smallest absolute Gasteiger partial charge is 0.496 e. The molecule has 2 N–H and O–H groups in total. The molecule has 0 spiro atoms. The van der Waals surface area contributed by atoms with Gasteiger partial charge in [-0.3, -0.25) is 9.59 Å². The monoisotopic (exact) mass is 830 g/mol. The van der Waals surface area contributed by atoms with Gasteiger partial charge in [0, 0.05) is 25.7 Å². The molecule has 0 aliphatic heterocycles. The van der Waals surface area contributed by atoms with Crippen molar-refractivity contribution in [2.45, 2.75) is 36.7 Å². The van der Waals surface area contributed by atoms with Gasteiger partial charge in [0.15, 0.2) is 13.2 Å². The Morgan fingerprint density at radius 2 is 0.732 bits per heavy atom. The Labute approximate surface area is 316 Å². The fourth-order valence-corrected chi connectivity index (χ4v) is 7.08. The molecule has 0 fully saturated rings. The maximum atomic E-state index is 13.0. The van der Waals surface area contributed by atoms with Crippen LogP contribution in [0.15, 0.2) is 72.8 Å². The molecular weight excluding hydrogens is 799 g/mol. The van der Waals surface area contributed by atoms with Crippen molar-refractivity contribution in [3.8, 4) is 23.0 Å². The minimum absolute atomic E-state index is 0.0665. The fraction of sp³-hybridized carbons (Fsp3) is 0.278. The average molecular weight is 831 g/mol. The molecule has 0 aromatic heterocycles. The minimum Gasteiger partial charge on any atom is -0.496 e. The summed E-state index contributed by atoms with van der Waals surface area (Å²) in [7, 11) is -9.20. The zero-order valence-corrected chi connectivity index (χ0v) is 31.0. The number of nitrogens with one attached hydrogen (secondary N) is 2. The van der Waals surface area contributed by atoms with E-state index in [2.05, 4.69) is 0 Å². The first-order chi connectivity index (χ1) is 26.2. The first kappa shape index (κ1) is 41.7. The van der Waals surface area contributed by atoms with Gasteiger partial charge in [0.2, 0.25) is 0 Å². The van der Waals surface area contributed by atoms with E-state index in [-0.39, 0.29) is 37.2 Å². The highest BCUT2D eigenvalue weighted by Gasteiger charge is 2.48. The molecule has 0 saturated carbocycles. The Hall–Kier alpha value is -5.50. The highest BCUT2D eigenvalue weighted by atomic mass is 32.2. The summed E-state index contributed by atoms with van der Waals surface area (Å²) in [6, 6.07) is 20.3. The lowest BCUT2D eigenvalue weighted by molar-refractivity contribution is -0.122. The number of fused-ring (bicyclic) bond motifs is 8. The lowest BCUT2D eigenvalue weighted by Gasteiger charge is -2.22. The van der Waals surface area contributed by atoms with E-state index in [9.17, 15) is 52.8 Å². The number of hydrogen-bond donors (Lipinski definition) is 2. The highest BCUT2D eigenvalue weighted by molar-refractivity contribution is 7.91. The molecule has 20 heteroatoms. The van der Waals surface area contributed by atoms with Gasteiger partial charge in [-0.1, -0.05) is 72.8 Å². The van der Waals surface area contributed by atoms with E-state index in [0.717, 1.165) is 9.44 Å². The number of methoxy groups -OCH3 is 2. The number of benzene rings is 4. The molecule has 0 atom stereocenters. The van der Waals surface area contributed by atoms with Crippen LogP contribution in [0.5, 0.6) is 23.0 Å². The number of amides is 2. The molecule has 0 saturated heterocycles. The SMILES string of the molecule is COc1c2cccc1Cc1cccc(c1OCC(=O)NS(=O)(=O)C(F)(F)F)Cc1cccc(c1OC)Cc1cccc(c1OCC(=O)NS(=O)(=O)C(F)(F)F)C2. The van der Waals surface area contributed by atoms with Gasteiger partial charge in [-0.15, -0.1) is 0 Å². The van der Waals surface area contributed by atoms with Gasteiger partial charge in [-0.05, 0) is 44.5 Å². The number of para-hydroxylation sites is 4. The third-order valence-corrected chi connectivity index (χ3v) is 10.7. The largest absolute Gasteiger partial charge is 0.516 e. The number of ether oxygens (including phenoxy) is 4. The van der Waals surface area contributed by atoms with Gasteiger partial charge < -0.3 is 18.9 Å². The Morgan fingerprint density at radius 3 is 0.946 bits per heavy atom. The first-order valence-corrected chi connectivity index (χ1v) is 19.2. The first-order valence-electron chi connectivity index (χ1n) is 16.2. The fourth-order valence-electron chi connectivity index (χ4n) is 6.13. The summed E-state index contributed by atoms with van der Waals surface area (Å²) in [5, 5.41) is 0. The second-order valence-electron chi connectivity index (χ2n) is 12.3. The molecule has 0 heterocycles. The summed E-state index contributed by atoms with van der Waals surface area (Å²) < 4.78 is 149. The highest BCUT2D eigenvalue weighted by Crippen LogP contribution is 2.38. The van der Waals surface area contributed by atoms with Crippen LogP contribution in [0.25, 0.3) is 0 Å². The molecule has 12 nitrogen and oxygen atoms in total.